The van der Waals surface area contributed by atoms with Crippen LogP contribution < -0.4 is 5.73 Å². The zero-order valence-electron chi connectivity index (χ0n) is 12.3. The van der Waals surface area contributed by atoms with Gasteiger partial charge in [0, 0.05) is 25.7 Å². The van der Waals surface area contributed by atoms with E-state index >= 15 is 0 Å². The van der Waals surface area contributed by atoms with E-state index in [0.29, 0.717) is 23.5 Å². The monoisotopic (exact) mass is 254 g/mol. The minimum atomic E-state index is 0.404. The number of nitrogens with zero attached hydrogens (tertiary/aromatic N) is 1. The first kappa shape index (κ1) is 14.3. The Kier molecular flexibility index (Phi) is 4.68. The second kappa shape index (κ2) is 5.89. The van der Waals surface area contributed by atoms with Crippen LogP contribution in [0.15, 0.2) is 0 Å². The van der Waals surface area contributed by atoms with Gasteiger partial charge in [0.05, 0.1) is 12.7 Å². The van der Waals surface area contributed by atoms with E-state index in [1.807, 2.05) is 0 Å². The molecule has 1 saturated heterocycles. The topological polar surface area (TPSA) is 38.5 Å². The summed E-state index contributed by atoms with van der Waals surface area (Å²) in [6.45, 7) is 11.2. The Labute approximate surface area is 112 Å². The smallest absolute Gasteiger partial charge is 0.0700 e. The van der Waals surface area contributed by atoms with Crippen LogP contribution in [-0.4, -0.2) is 43.3 Å². The number of morpholine rings is 1. The minimum absolute atomic E-state index is 0.404. The maximum atomic E-state index is 6.33. The molecule has 1 heterocycles. The zero-order valence-corrected chi connectivity index (χ0v) is 12.3. The van der Waals surface area contributed by atoms with E-state index in [2.05, 4.69) is 25.7 Å². The predicted octanol–water partition coefficient (Wildman–Crippen LogP) is 2.25. The van der Waals surface area contributed by atoms with Crippen LogP contribution in [-0.2, 0) is 4.74 Å². The number of hydrogen-bond donors (Lipinski definition) is 1. The quantitative estimate of drug-likeness (QED) is 0.839. The minimum Gasteiger partial charge on any atom is -0.376 e. The Morgan fingerprint density at radius 2 is 2.17 bits per heavy atom. The molecule has 0 spiro atoms. The lowest BCUT2D eigenvalue weighted by atomic mass is 9.70. The van der Waals surface area contributed by atoms with Crippen molar-refractivity contribution in [1.82, 2.24) is 4.90 Å². The molecule has 0 radical (unpaired) electrons. The summed E-state index contributed by atoms with van der Waals surface area (Å²) in [6, 6.07) is 0.404. The molecule has 0 amide bonds. The molecule has 106 valence electrons. The van der Waals surface area contributed by atoms with Crippen molar-refractivity contribution in [3.8, 4) is 0 Å². The van der Waals surface area contributed by atoms with Gasteiger partial charge in [-0.3, -0.25) is 4.90 Å². The standard InChI is InChI=1S/C15H30N2O/c1-4-13-11-17(7-8-18-13)10-12-9-15(2,3)6-5-14(12)16/h12-14H,4-11,16H2,1-3H3. The van der Waals surface area contributed by atoms with Gasteiger partial charge in [0.1, 0.15) is 0 Å². The molecule has 18 heavy (non-hydrogen) atoms. The first-order valence-corrected chi connectivity index (χ1v) is 7.60. The number of hydrogen-bond acceptors (Lipinski definition) is 3. The Bertz CT molecular complexity index is 267. The van der Waals surface area contributed by atoms with Gasteiger partial charge in [-0.1, -0.05) is 20.8 Å². The molecule has 1 aliphatic heterocycles. The SMILES string of the molecule is CCC1CN(CC2CC(C)(C)CCC2N)CCO1. The first-order valence-electron chi connectivity index (χ1n) is 7.60. The molecule has 3 unspecified atom stereocenters. The van der Waals surface area contributed by atoms with Crippen LogP contribution in [0.4, 0.5) is 0 Å². The van der Waals surface area contributed by atoms with E-state index in [9.17, 15) is 0 Å². The number of rotatable bonds is 3. The van der Waals surface area contributed by atoms with Crippen LogP contribution in [0.2, 0.25) is 0 Å². The second-order valence-electron chi connectivity index (χ2n) is 6.99. The van der Waals surface area contributed by atoms with Gasteiger partial charge in [-0.25, -0.2) is 0 Å². The molecule has 1 aliphatic carbocycles. The average molecular weight is 254 g/mol. The molecule has 2 aliphatic rings. The summed E-state index contributed by atoms with van der Waals surface area (Å²) in [5, 5.41) is 0. The van der Waals surface area contributed by atoms with Crippen LogP contribution in [0, 0.1) is 11.3 Å². The molecule has 3 nitrogen and oxygen atoms in total. The fourth-order valence-electron chi connectivity index (χ4n) is 3.48. The van der Waals surface area contributed by atoms with Crippen LogP contribution >= 0.6 is 0 Å². The predicted molar refractivity (Wildman–Crippen MR) is 75.6 cm³/mol. The van der Waals surface area contributed by atoms with E-state index in [1.54, 1.807) is 0 Å². The fraction of sp³-hybridized carbons (Fsp3) is 1.00. The van der Waals surface area contributed by atoms with Crippen molar-refractivity contribution in [3.63, 3.8) is 0 Å². The summed E-state index contributed by atoms with van der Waals surface area (Å²) < 4.78 is 5.74. The van der Waals surface area contributed by atoms with Crippen molar-refractivity contribution < 1.29 is 4.74 Å². The summed E-state index contributed by atoms with van der Waals surface area (Å²) in [7, 11) is 0. The Morgan fingerprint density at radius 1 is 1.39 bits per heavy atom. The summed E-state index contributed by atoms with van der Waals surface area (Å²) in [4.78, 5) is 2.57. The van der Waals surface area contributed by atoms with E-state index in [4.69, 9.17) is 10.5 Å². The lowest BCUT2D eigenvalue weighted by Crippen LogP contribution is -2.49. The van der Waals surface area contributed by atoms with Crippen molar-refractivity contribution in [2.45, 2.75) is 58.6 Å². The summed E-state index contributed by atoms with van der Waals surface area (Å²) in [5.41, 5.74) is 6.81. The van der Waals surface area contributed by atoms with E-state index in [0.717, 1.165) is 26.1 Å². The Balaban J connectivity index is 1.87. The Morgan fingerprint density at radius 3 is 2.89 bits per heavy atom. The van der Waals surface area contributed by atoms with Crippen molar-refractivity contribution >= 4 is 0 Å². The molecule has 1 saturated carbocycles. The maximum Gasteiger partial charge on any atom is 0.0700 e. The van der Waals surface area contributed by atoms with Gasteiger partial charge < -0.3 is 10.5 Å². The average Bonchev–Trinajstić information content (AvgIpc) is 2.34. The van der Waals surface area contributed by atoms with Gasteiger partial charge in [0.2, 0.25) is 0 Å². The third-order valence-corrected chi connectivity index (χ3v) is 4.75. The molecule has 2 rings (SSSR count). The molecule has 0 aromatic rings. The lowest BCUT2D eigenvalue weighted by Gasteiger charge is -2.42. The van der Waals surface area contributed by atoms with Gasteiger partial charge in [-0.2, -0.15) is 0 Å². The molecule has 2 N–H and O–H groups in total. The van der Waals surface area contributed by atoms with E-state index in [1.165, 1.54) is 25.8 Å². The highest BCUT2D eigenvalue weighted by atomic mass is 16.5. The first-order chi connectivity index (χ1) is 8.50. The molecule has 3 heteroatoms. The van der Waals surface area contributed by atoms with Crippen LogP contribution in [0.3, 0.4) is 0 Å². The number of ether oxygens (including phenoxy) is 1. The van der Waals surface area contributed by atoms with Crippen LogP contribution in [0.5, 0.6) is 0 Å². The lowest BCUT2D eigenvalue weighted by molar-refractivity contribution is -0.0392. The summed E-state index contributed by atoms with van der Waals surface area (Å²) >= 11 is 0. The van der Waals surface area contributed by atoms with Gasteiger partial charge in [-0.05, 0) is 37.0 Å². The highest BCUT2D eigenvalue weighted by Gasteiger charge is 2.34. The van der Waals surface area contributed by atoms with Gasteiger partial charge in [0.25, 0.3) is 0 Å². The van der Waals surface area contributed by atoms with Gasteiger partial charge >= 0.3 is 0 Å². The molecule has 0 aromatic heterocycles. The van der Waals surface area contributed by atoms with Crippen LogP contribution in [0.1, 0.15) is 46.5 Å². The van der Waals surface area contributed by atoms with Crippen molar-refractivity contribution in [2.75, 3.05) is 26.2 Å². The molecule has 2 fully saturated rings. The highest BCUT2D eigenvalue weighted by Crippen LogP contribution is 2.38. The Hall–Kier alpha value is -0.120. The third kappa shape index (κ3) is 3.69. The number of nitrogens with two attached hydrogens (primary N) is 1. The third-order valence-electron chi connectivity index (χ3n) is 4.75. The second-order valence-corrected chi connectivity index (χ2v) is 6.99. The van der Waals surface area contributed by atoms with Crippen molar-refractivity contribution in [1.29, 1.82) is 0 Å². The molecular weight excluding hydrogens is 224 g/mol. The maximum absolute atomic E-state index is 6.33. The largest absolute Gasteiger partial charge is 0.376 e. The summed E-state index contributed by atoms with van der Waals surface area (Å²) in [6.07, 6.45) is 5.32. The molecule has 0 bridgehead atoms. The fourth-order valence-corrected chi connectivity index (χ4v) is 3.48. The normalized spacial score (nSPS) is 37.7. The highest BCUT2D eigenvalue weighted by molar-refractivity contribution is 4.89. The van der Waals surface area contributed by atoms with Gasteiger partial charge in [0.15, 0.2) is 0 Å². The van der Waals surface area contributed by atoms with E-state index in [-0.39, 0.29) is 0 Å². The van der Waals surface area contributed by atoms with E-state index < -0.39 is 0 Å². The molecule has 0 aromatic carbocycles. The zero-order chi connectivity index (χ0) is 13.2. The molecule has 3 atom stereocenters. The van der Waals surface area contributed by atoms with Crippen molar-refractivity contribution in [3.05, 3.63) is 0 Å². The van der Waals surface area contributed by atoms with Gasteiger partial charge in [-0.15, -0.1) is 0 Å². The summed E-state index contributed by atoms with van der Waals surface area (Å²) in [5.74, 6) is 0.671. The van der Waals surface area contributed by atoms with Crippen molar-refractivity contribution in [2.24, 2.45) is 17.1 Å². The molecular formula is C15H30N2O. The van der Waals surface area contributed by atoms with Crippen LogP contribution in [0.25, 0.3) is 0 Å².